The predicted molar refractivity (Wildman–Crippen MR) is 74.9 cm³/mol. The Morgan fingerprint density at radius 1 is 1.35 bits per heavy atom. The molecule has 1 rings (SSSR count). The van der Waals surface area contributed by atoms with Crippen LogP contribution < -0.4 is 0 Å². The largest absolute Gasteiger partial charge is 0.481 e. The molecule has 6 heteroatoms. The van der Waals surface area contributed by atoms with E-state index in [1.54, 1.807) is 20.8 Å². The SMILES string of the molecule is CC(C)(C)S(=O)(=O)CCC(C(=O)O)c1cccc(F)c1. The van der Waals surface area contributed by atoms with E-state index in [0.29, 0.717) is 0 Å². The van der Waals surface area contributed by atoms with Crippen molar-refractivity contribution in [3.05, 3.63) is 35.6 Å². The van der Waals surface area contributed by atoms with E-state index >= 15 is 0 Å². The van der Waals surface area contributed by atoms with Gasteiger partial charge in [0.05, 0.1) is 16.4 Å². The third-order valence-electron chi connectivity index (χ3n) is 3.16. The maximum atomic E-state index is 13.1. The third-order valence-corrected chi connectivity index (χ3v) is 5.80. The molecule has 4 nitrogen and oxygen atoms in total. The summed E-state index contributed by atoms with van der Waals surface area (Å²) in [6, 6.07) is 5.25. The first-order valence-corrected chi connectivity index (χ1v) is 7.90. The minimum absolute atomic E-state index is 0.0710. The lowest BCUT2D eigenvalue weighted by atomic mass is 9.97. The molecule has 0 fully saturated rings. The summed E-state index contributed by atoms with van der Waals surface area (Å²) in [4.78, 5) is 11.3. The fraction of sp³-hybridized carbons (Fsp3) is 0.500. The van der Waals surface area contributed by atoms with Gasteiger partial charge < -0.3 is 5.11 Å². The van der Waals surface area contributed by atoms with Crippen molar-refractivity contribution in [1.82, 2.24) is 0 Å². The highest BCUT2D eigenvalue weighted by Gasteiger charge is 2.31. The van der Waals surface area contributed by atoms with Gasteiger partial charge in [-0.1, -0.05) is 12.1 Å². The van der Waals surface area contributed by atoms with Crippen molar-refractivity contribution in [2.75, 3.05) is 5.75 Å². The summed E-state index contributed by atoms with van der Waals surface area (Å²) in [5, 5.41) is 9.20. The van der Waals surface area contributed by atoms with Crippen molar-refractivity contribution in [1.29, 1.82) is 0 Å². The van der Waals surface area contributed by atoms with Gasteiger partial charge in [-0.2, -0.15) is 0 Å². The molecule has 0 radical (unpaired) electrons. The first-order valence-electron chi connectivity index (χ1n) is 6.25. The third kappa shape index (κ3) is 4.03. The van der Waals surface area contributed by atoms with Gasteiger partial charge in [0, 0.05) is 0 Å². The average Bonchev–Trinajstić information content (AvgIpc) is 2.27. The predicted octanol–water partition coefficient (Wildman–Crippen LogP) is 2.60. The quantitative estimate of drug-likeness (QED) is 0.907. The number of carboxylic acid groups (broad SMARTS) is 1. The lowest BCUT2D eigenvalue weighted by Crippen LogP contribution is -2.31. The van der Waals surface area contributed by atoms with Crippen LogP contribution in [0.25, 0.3) is 0 Å². The minimum Gasteiger partial charge on any atom is -0.481 e. The van der Waals surface area contributed by atoms with E-state index in [1.165, 1.54) is 18.2 Å². The molecule has 0 bridgehead atoms. The highest BCUT2D eigenvalue weighted by atomic mass is 32.2. The van der Waals surface area contributed by atoms with E-state index in [0.717, 1.165) is 6.07 Å². The molecule has 0 aliphatic rings. The average molecular weight is 302 g/mol. The van der Waals surface area contributed by atoms with Crippen LogP contribution in [0.15, 0.2) is 24.3 Å². The van der Waals surface area contributed by atoms with Gasteiger partial charge >= 0.3 is 5.97 Å². The Morgan fingerprint density at radius 2 is 1.95 bits per heavy atom. The van der Waals surface area contributed by atoms with Gasteiger partial charge in [0.2, 0.25) is 0 Å². The van der Waals surface area contributed by atoms with Gasteiger partial charge in [-0.15, -0.1) is 0 Å². The molecule has 1 unspecified atom stereocenters. The smallest absolute Gasteiger partial charge is 0.311 e. The summed E-state index contributed by atoms with van der Waals surface area (Å²) in [5.41, 5.74) is 0.279. The van der Waals surface area contributed by atoms with Crippen molar-refractivity contribution in [3.63, 3.8) is 0 Å². The summed E-state index contributed by atoms with van der Waals surface area (Å²) < 4.78 is 36.2. The van der Waals surface area contributed by atoms with E-state index in [-0.39, 0.29) is 17.7 Å². The minimum atomic E-state index is -3.40. The lowest BCUT2D eigenvalue weighted by molar-refractivity contribution is -0.138. The van der Waals surface area contributed by atoms with Crippen LogP contribution >= 0.6 is 0 Å². The van der Waals surface area contributed by atoms with Gasteiger partial charge in [-0.05, 0) is 44.9 Å². The molecule has 0 amide bonds. The fourth-order valence-corrected chi connectivity index (χ4v) is 2.89. The number of hydrogen-bond acceptors (Lipinski definition) is 3. The van der Waals surface area contributed by atoms with E-state index in [4.69, 9.17) is 0 Å². The number of hydrogen-bond donors (Lipinski definition) is 1. The molecule has 0 aliphatic heterocycles. The van der Waals surface area contributed by atoms with Crippen LogP contribution in [0.5, 0.6) is 0 Å². The standard InChI is InChI=1S/C14H19FO4S/c1-14(2,3)20(18,19)8-7-12(13(16)17)10-5-4-6-11(15)9-10/h4-6,9,12H,7-8H2,1-3H3,(H,16,17). The zero-order valence-corrected chi connectivity index (χ0v) is 12.6. The van der Waals surface area contributed by atoms with Crippen molar-refractivity contribution >= 4 is 15.8 Å². The van der Waals surface area contributed by atoms with Gasteiger partial charge in [-0.3, -0.25) is 4.79 Å². The molecule has 0 aromatic heterocycles. The Morgan fingerprint density at radius 3 is 2.40 bits per heavy atom. The van der Waals surface area contributed by atoms with E-state index < -0.39 is 32.3 Å². The molecule has 1 atom stereocenters. The molecule has 20 heavy (non-hydrogen) atoms. The van der Waals surface area contributed by atoms with Gasteiger partial charge in [0.25, 0.3) is 0 Å². The lowest BCUT2D eigenvalue weighted by Gasteiger charge is -2.20. The summed E-state index contributed by atoms with van der Waals surface area (Å²) in [6.45, 7) is 4.71. The van der Waals surface area contributed by atoms with E-state index in [2.05, 4.69) is 0 Å². The Kier molecular flexibility index (Phi) is 4.91. The van der Waals surface area contributed by atoms with Gasteiger partial charge in [-0.25, -0.2) is 12.8 Å². The van der Waals surface area contributed by atoms with Crippen LogP contribution in [0.4, 0.5) is 4.39 Å². The summed E-state index contributed by atoms with van der Waals surface area (Å²) in [6.07, 6.45) is -0.0710. The van der Waals surface area contributed by atoms with Crippen LogP contribution in [-0.4, -0.2) is 30.0 Å². The Hall–Kier alpha value is -1.43. The molecule has 1 N–H and O–H groups in total. The maximum absolute atomic E-state index is 13.1. The van der Waals surface area contributed by atoms with Crippen LogP contribution in [-0.2, 0) is 14.6 Å². The van der Waals surface area contributed by atoms with Crippen molar-refractivity contribution in [3.8, 4) is 0 Å². The molecule has 0 heterocycles. The molecular weight excluding hydrogens is 283 g/mol. The first-order chi connectivity index (χ1) is 9.04. The van der Waals surface area contributed by atoms with E-state index in [1.807, 2.05) is 0 Å². The van der Waals surface area contributed by atoms with Crippen LogP contribution in [0.3, 0.4) is 0 Å². The molecular formula is C14H19FO4S. The number of rotatable bonds is 5. The molecule has 0 spiro atoms. The molecule has 112 valence electrons. The topological polar surface area (TPSA) is 71.4 Å². The highest BCUT2D eigenvalue weighted by Crippen LogP contribution is 2.25. The molecule has 0 saturated heterocycles. The normalized spacial score (nSPS) is 14.0. The van der Waals surface area contributed by atoms with Gasteiger partial charge in [0.1, 0.15) is 5.82 Å². The number of sulfone groups is 1. The fourth-order valence-electron chi connectivity index (χ4n) is 1.74. The van der Waals surface area contributed by atoms with Crippen molar-refractivity contribution in [2.24, 2.45) is 0 Å². The number of halogens is 1. The molecule has 0 saturated carbocycles. The summed E-state index contributed by atoms with van der Waals surface area (Å²) in [5.74, 6) is -2.96. The van der Waals surface area contributed by atoms with Crippen molar-refractivity contribution in [2.45, 2.75) is 37.9 Å². The zero-order chi connectivity index (χ0) is 15.6. The molecule has 1 aromatic carbocycles. The van der Waals surface area contributed by atoms with Crippen LogP contribution in [0.1, 0.15) is 38.7 Å². The zero-order valence-electron chi connectivity index (χ0n) is 11.8. The first kappa shape index (κ1) is 16.6. The second-order valence-corrected chi connectivity index (χ2v) is 8.53. The number of aliphatic carboxylic acids is 1. The van der Waals surface area contributed by atoms with Crippen molar-refractivity contribution < 1.29 is 22.7 Å². The number of carbonyl (C=O) groups is 1. The Bertz CT molecular complexity index is 587. The summed E-state index contributed by atoms with van der Waals surface area (Å²) in [7, 11) is -3.40. The molecule has 1 aromatic rings. The summed E-state index contributed by atoms with van der Waals surface area (Å²) >= 11 is 0. The van der Waals surface area contributed by atoms with Crippen LogP contribution in [0.2, 0.25) is 0 Å². The Labute approximate surface area is 118 Å². The maximum Gasteiger partial charge on any atom is 0.311 e. The van der Waals surface area contributed by atoms with Gasteiger partial charge in [0.15, 0.2) is 9.84 Å². The monoisotopic (exact) mass is 302 g/mol. The Balaban J connectivity index is 2.94. The second-order valence-electron chi connectivity index (χ2n) is 5.67. The second kappa shape index (κ2) is 5.91. The van der Waals surface area contributed by atoms with E-state index in [9.17, 15) is 22.7 Å². The highest BCUT2D eigenvalue weighted by molar-refractivity contribution is 7.92. The van der Waals surface area contributed by atoms with Crippen LogP contribution in [0, 0.1) is 5.82 Å². The number of carboxylic acids is 1. The number of benzene rings is 1. The molecule has 0 aliphatic carbocycles.